The van der Waals surface area contributed by atoms with Gasteiger partial charge in [0.2, 0.25) is 0 Å². The van der Waals surface area contributed by atoms with Gasteiger partial charge in [0.1, 0.15) is 0 Å². The molecule has 1 saturated heterocycles. The van der Waals surface area contributed by atoms with Crippen LogP contribution in [0.1, 0.15) is 47.0 Å². The Kier molecular flexibility index (Phi) is 13.5. The smallest absolute Gasteiger partial charge is 0.257 e. The molecule has 0 bridgehead atoms. The maximum absolute atomic E-state index is 11.9. The van der Waals surface area contributed by atoms with E-state index in [4.69, 9.17) is 0 Å². The third-order valence-corrected chi connectivity index (χ3v) is 4.50. The van der Waals surface area contributed by atoms with E-state index in [1.165, 1.54) is 18.2 Å². The van der Waals surface area contributed by atoms with Crippen LogP contribution in [0.2, 0.25) is 0 Å². The van der Waals surface area contributed by atoms with Crippen molar-refractivity contribution >= 4 is 17.7 Å². The number of carbonyl (C=O) groups is 1. The fourth-order valence-electron chi connectivity index (χ4n) is 2.17. The van der Waals surface area contributed by atoms with Crippen molar-refractivity contribution < 1.29 is 4.79 Å². The molecule has 5 heteroatoms. The standard InChI is InChI=1S/C12H18N2OS.C4H9N.C3H8/c1-8-5-6-13-7-10(8)14-12(15)11-4-3-9(2)16-11;1-3-4-5-2;1-3-2/h4,8,10,13H,2-3,5-7H2,1H3,(H,14,15);3-5H,1-2H3;3H2,1-2H3/b;4-3-;. The van der Waals surface area contributed by atoms with Crippen LogP contribution in [0.15, 0.2) is 34.7 Å². The Bertz CT molecular complexity index is 432. The summed E-state index contributed by atoms with van der Waals surface area (Å²) in [4.78, 5) is 13.8. The lowest BCUT2D eigenvalue weighted by Gasteiger charge is -2.30. The Morgan fingerprint density at radius 3 is 2.58 bits per heavy atom. The number of carbonyl (C=O) groups excluding carboxylic acids is 1. The molecule has 2 unspecified atom stereocenters. The molecular formula is C19H35N3OS. The van der Waals surface area contributed by atoms with Crippen LogP contribution in [0.4, 0.5) is 0 Å². The SMILES string of the molecule is C/C=C\NC.C=C1CC=C(C(=O)NC2CNCCC2C)S1.CCC. The maximum atomic E-state index is 11.9. The fraction of sp³-hybridized carbons (Fsp3) is 0.632. The second-order valence-electron chi connectivity index (χ2n) is 5.96. The van der Waals surface area contributed by atoms with E-state index in [0.29, 0.717) is 5.92 Å². The van der Waals surface area contributed by atoms with Crippen LogP contribution in [-0.2, 0) is 4.79 Å². The number of amides is 1. The molecule has 0 saturated carbocycles. The predicted molar refractivity (Wildman–Crippen MR) is 108 cm³/mol. The second kappa shape index (κ2) is 14.2. The van der Waals surface area contributed by atoms with Crippen molar-refractivity contribution in [2.24, 2.45) is 5.92 Å². The molecule has 0 spiro atoms. The highest BCUT2D eigenvalue weighted by atomic mass is 32.2. The number of piperidine rings is 1. The first kappa shape index (κ1) is 22.8. The first-order valence-electron chi connectivity index (χ1n) is 8.85. The number of rotatable bonds is 3. The van der Waals surface area contributed by atoms with Crippen molar-refractivity contribution in [2.45, 2.75) is 53.0 Å². The molecule has 2 aliphatic heterocycles. The van der Waals surface area contributed by atoms with Gasteiger partial charge in [-0.2, -0.15) is 0 Å². The molecule has 4 nitrogen and oxygen atoms in total. The Hall–Kier alpha value is -1.20. The Morgan fingerprint density at radius 2 is 2.17 bits per heavy atom. The van der Waals surface area contributed by atoms with Crippen LogP contribution < -0.4 is 16.0 Å². The lowest BCUT2D eigenvalue weighted by molar-refractivity contribution is -0.117. The molecule has 1 amide bonds. The summed E-state index contributed by atoms with van der Waals surface area (Å²) in [5.41, 5.74) is 0. The van der Waals surface area contributed by atoms with Crippen molar-refractivity contribution in [3.8, 4) is 0 Å². The van der Waals surface area contributed by atoms with Gasteiger partial charge in [0.25, 0.3) is 5.91 Å². The summed E-state index contributed by atoms with van der Waals surface area (Å²) in [6.07, 6.45) is 8.99. The fourth-order valence-corrected chi connectivity index (χ4v) is 2.97. The van der Waals surface area contributed by atoms with Crippen LogP contribution in [-0.4, -0.2) is 32.1 Å². The van der Waals surface area contributed by atoms with E-state index < -0.39 is 0 Å². The highest BCUT2D eigenvalue weighted by Gasteiger charge is 2.25. The van der Waals surface area contributed by atoms with E-state index in [9.17, 15) is 4.79 Å². The zero-order chi connectivity index (χ0) is 18.4. The van der Waals surface area contributed by atoms with Gasteiger partial charge >= 0.3 is 0 Å². The Balaban J connectivity index is 0.000000559. The van der Waals surface area contributed by atoms with Gasteiger partial charge < -0.3 is 16.0 Å². The van der Waals surface area contributed by atoms with Crippen LogP contribution >= 0.6 is 11.8 Å². The minimum atomic E-state index is 0.0594. The molecule has 24 heavy (non-hydrogen) atoms. The monoisotopic (exact) mass is 353 g/mol. The van der Waals surface area contributed by atoms with E-state index in [2.05, 4.69) is 43.3 Å². The zero-order valence-corrected chi connectivity index (χ0v) is 16.8. The summed E-state index contributed by atoms with van der Waals surface area (Å²) in [5.74, 6) is 0.615. The minimum absolute atomic E-state index is 0.0594. The molecule has 0 aromatic rings. The van der Waals surface area contributed by atoms with Gasteiger partial charge in [-0.05, 0) is 43.3 Å². The Labute approximate surface area is 152 Å². The average Bonchev–Trinajstić information content (AvgIpc) is 2.98. The summed E-state index contributed by atoms with van der Waals surface area (Å²) < 4.78 is 0. The molecule has 0 radical (unpaired) electrons. The molecule has 2 heterocycles. The van der Waals surface area contributed by atoms with Gasteiger partial charge in [-0.15, -0.1) is 0 Å². The molecule has 2 rings (SSSR count). The number of thioether (sulfide) groups is 1. The van der Waals surface area contributed by atoms with Crippen LogP contribution in [0, 0.1) is 5.92 Å². The first-order valence-corrected chi connectivity index (χ1v) is 9.67. The summed E-state index contributed by atoms with van der Waals surface area (Å²) in [6, 6.07) is 0.261. The van der Waals surface area contributed by atoms with Crippen molar-refractivity contribution in [2.75, 3.05) is 20.1 Å². The van der Waals surface area contributed by atoms with Crippen molar-refractivity contribution in [1.82, 2.24) is 16.0 Å². The number of hydrogen-bond donors (Lipinski definition) is 3. The van der Waals surface area contributed by atoms with Gasteiger partial charge in [-0.25, -0.2) is 0 Å². The zero-order valence-electron chi connectivity index (χ0n) is 15.9. The maximum Gasteiger partial charge on any atom is 0.257 e. The normalized spacial score (nSPS) is 22.7. The molecule has 2 atom stereocenters. The summed E-state index contributed by atoms with van der Waals surface area (Å²) >= 11 is 1.50. The molecular weight excluding hydrogens is 318 g/mol. The number of hydrogen-bond acceptors (Lipinski definition) is 4. The quantitative estimate of drug-likeness (QED) is 0.722. The summed E-state index contributed by atoms with van der Waals surface area (Å²) in [7, 11) is 1.88. The van der Waals surface area contributed by atoms with Crippen LogP contribution in [0.3, 0.4) is 0 Å². The molecule has 1 fully saturated rings. The molecule has 0 aromatic carbocycles. The van der Waals surface area contributed by atoms with Gasteiger partial charge in [0, 0.05) is 19.6 Å². The van der Waals surface area contributed by atoms with Crippen LogP contribution in [0.5, 0.6) is 0 Å². The largest absolute Gasteiger partial charge is 0.394 e. The van der Waals surface area contributed by atoms with E-state index in [1.807, 2.05) is 32.3 Å². The molecule has 3 N–H and O–H groups in total. The topological polar surface area (TPSA) is 53.2 Å². The Morgan fingerprint density at radius 1 is 1.50 bits per heavy atom. The third-order valence-electron chi connectivity index (χ3n) is 3.47. The van der Waals surface area contributed by atoms with E-state index in [1.54, 1.807) is 0 Å². The predicted octanol–water partition coefficient (Wildman–Crippen LogP) is 3.79. The van der Waals surface area contributed by atoms with E-state index >= 15 is 0 Å². The van der Waals surface area contributed by atoms with Gasteiger partial charge in [-0.1, -0.05) is 57.7 Å². The summed E-state index contributed by atoms with van der Waals surface area (Å²) in [5, 5.41) is 9.25. The van der Waals surface area contributed by atoms with Gasteiger partial charge in [0.05, 0.1) is 4.91 Å². The number of allylic oxidation sites excluding steroid dienone is 3. The van der Waals surface area contributed by atoms with Crippen molar-refractivity contribution in [3.63, 3.8) is 0 Å². The first-order chi connectivity index (χ1) is 11.5. The third kappa shape index (κ3) is 9.83. The highest BCUT2D eigenvalue weighted by Crippen LogP contribution is 2.34. The van der Waals surface area contributed by atoms with Crippen LogP contribution in [0.25, 0.3) is 0 Å². The van der Waals surface area contributed by atoms with Gasteiger partial charge in [0.15, 0.2) is 0 Å². The molecule has 0 aromatic heterocycles. The minimum Gasteiger partial charge on any atom is -0.394 e. The van der Waals surface area contributed by atoms with E-state index in [-0.39, 0.29) is 11.9 Å². The lowest BCUT2D eigenvalue weighted by atomic mass is 9.95. The van der Waals surface area contributed by atoms with Crippen molar-refractivity contribution in [1.29, 1.82) is 0 Å². The lowest BCUT2D eigenvalue weighted by Crippen LogP contribution is -2.50. The molecule has 2 aliphatic rings. The average molecular weight is 354 g/mol. The highest BCUT2D eigenvalue weighted by molar-refractivity contribution is 8.07. The van der Waals surface area contributed by atoms with E-state index in [0.717, 1.165) is 35.7 Å². The second-order valence-corrected chi connectivity index (χ2v) is 7.18. The molecule has 138 valence electrons. The summed E-state index contributed by atoms with van der Waals surface area (Å²) in [6.45, 7) is 14.2. The molecule has 0 aliphatic carbocycles. The van der Waals surface area contributed by atoms with Gasteiger partial charge in [-0.3, -0.25) is 4.79 Å². The van der Waals surface area contributed by atoms with Crippen molar-refractivity contribution in [3.05, 3.63) is 34.7 Å². The number of nitrogens with one attached hydrogen (secondary N) is 3.